The number of carbonyl (C=O) groups is 1. The van der Waals surface area contributed by atoms with Crippen LogP contribution in [0.5, 0.6) is 5.75 Å². The lowest BCUT2D eigenvalue weighted by Crippen LogP contribution is -2.07. The maximum absolute atomic E-state index is 11.7. The van der Waals surface area contributed by atoms with E-state index in [1.54, 1.807) is 0 Å². The predicted molar refractivity (Wildman–Crippen MR) is 78.3 cm³/mol. The van der Waals surface area contributed by atoms with Crippen molar-refractivity contribution in [3.05, 3.63) is 42.5 Å². The van der Waals surface area contributed by atoms with Gasteiger partial charge < -0.3 is 4.74 Å². The zero-order valence-corrected chi connectivity index (χ0v) is 11.4. The van der Waals surface area contributed by atoms with E-state index >= 15 is 0 Å². The van der Waals surface area contributed by atoms with Gasteiger partial charge in [-0.2, -0.15) is 0 Å². The molecule has 0 aliphatic rings. The molecule has 0 bridgehead atoms. The Balaban J connectivity index is 1.91. The quantitative estimate of drug-likeness (QED) is 0.425. The van der Waals surface area contributed by atoms with E-state index in [-0.39, 0.29) is 5.97 Å². The Morgan fingerprint density at radius 3 is 2.58 bits per heavy atom. The van der Waals surface area contributed by atoms with Gasteiger partial charge in [0.15, 0.2) is 0 Å². The van der Waals surface area contributed by atoms with Gasteiger partial charge in [-0.05, 0) is 29.3 Å². The average molecular weight is 256 g/mol. The maximum Gasteiger partial charge on any atom is 0.311 e. The summed E-state index contributed by atoms with van der Waals surface area (Å²) in [4.78, 5) is 11.7. The first-order chi connectivity index (χ1) is 9.29. The molecule has 0 amide bonds. The van der Waals surface area contributed by atoms with Gasteiger partial charge in [0.05, 0.1) is 0 Å². The maximum atomic E-state index is 11.7. The number of esters is 1. The highest BCUT2D eigenvalue weighted by atomic mass is 16.5. The molecule has 2 aromatic carbocycles. The van der Waals surface area contributed by atoms with Gasteiger partial charge in [0.1, 0.15) is 5.75 Å². The van der Waals surface area contributed by atoms with Gasteiger partial charge in [0.2, 0.25) is 0 Å². The Labute approximate surface area is 114 Å². The molecule has 0 aliphatic carbocycles. The molecule has 0 saturated heterocycles. The lowest BCUT2D eigenvalue weighted by Gasteiger charge is -2.05. The van der Waals surface area contributed by atoms with Gasteiger partial charge in [-0.3, -0.25) is 4.79 Å². The number of carbonyl (C=O) groups excluding carboxylic acids is 1. The van der Waals surface area contributed by atoms with Gasteiger partial charge in [-0.25, -0.2) is 0 Å². The molecule has 0 unspecified atom stereocenters. The molecule has 0 atom stereocenters. The number of rotatable bonds is 6. The van der Waals surface area contributed by atoms with Crippen LogP contribution in [-0.4, -0.2) is 5.97 Å². The van der Waals surface area contributed by atoms with Crippen molar-refractivity contribution in [1.82, 2.24) is 0 Å². The minimum atomic E-state index is -0.133. The molecule has 2 rings (SSSR count). The third-order valence-electron chi connectivity index (χ3n) is 3.19. The molecule has 0 fully saturated rings. The lowest BCUT2D eigenvalue weighted by atomic mass is 10.1. The van der Waals surface area contributed by atoms with Crippen LogP contribution in [0.25, 0.3) is 10.8 Å². The number of fused-ring (bicyclic) bond motifs is 1. The van der Waals surface area contributed by atoms with Crippen molar-refractivity contribution in [2.24, 2.45) is 0 Å². The summed E-state index contributed by atoms with van der Waals surface area (Å²) < 4.78 is 5.36. The van der Waals surface area contributed by atoms with Crippen molar-refractivity contribution in [1.29, 1.82) is 0 Å². The highest BCUT2D eigenvalue weighted by Crippen LogP contribution is 2.21. The zero-order valence-electron chi connectivity index (χ0n) is 11.4. The van der Waals surface area contributed by atoms with Crippen molar-refractivity contribution >= 4 is 16.7 Å². The molecule has 2 aromatic rings. The van der Waals surface area contributed by atoms with Crippen molar-refractivity contribution in [2.45, 2.75) is 39.0 Å². The second-order valence-electron chi connectivity index (χ2n) is 4.79. The van der Waals surface area contributed by atoms with Gasteiger partial charge in [-0.15, -0.1) is 0 Å². The molecule has 0 aliphatic heterocycles. The zero-order chi connectivity index (χ0) is 13.5. The van der Waals surface area contributed by atoms with Gasteiger partial charge in [0.25, 0.3) is 0 Å². The summed E-state index contributed by atoms with van der Waals surface area (Å²) in [5.41, 5.74) is 0. The summed E-state index contributed by atoms with van der Waals surface area (Å²) in [6.45, 7) is 2.16. The Hall–Kier alpha value is -1.83. The molecule has 0 N–H and O–H groups in total. The van der Waals surface area contributed by atoms with Crippen LogP contribution in [0.1, 0.15) is 39.0 Å². The van der Waals surface area contributed by atoms with Crippen LogP contribution >= 0.6 is 0 Å². The molecule has 0 radical (unpaired) electrons. The fourth-order valence-electron chi connectivity index (χ4n) is 2.11. The van der Waals surface area contributed by atoms with E-state index in [0.717, 1.165) is 23.6 Å². The summed E-state index contributed by atoms with van der Waals surface area (Å²) in [5.74, 6) is 0.505. The van der Waals surface area contributed by atoms with E-state index < -0.39 is 0 Å². The van der Waals surface area contributed by atoms with Crippen LogP contribution in [0.4, 0.5) is 0 Å². The van der Waals surface area contributed by atoms with Crippen molar-refractivity contribution in [3.63, 3.8) is 0 Å². The van der Waals surface area contributed by atoms with Crippen LogP contribution in [0.15, 0.2) is 42.5 Å². The molecule has 0 aromatic heterocycles. The summed E-state index contributed by atoms with van der Waals surface area (Å²) in [6.07, 6.45) is 4.89. The molecule has 0 spiro atoms. The molecular formula is C17H20O2. The summed E-state index contributed by atoms with van der Waals surface area (Å²) in [7, 11) is 0. The number of unbranched alkanes of at least 4 members (excludes halogenated alkanes) is 3. The van der Waals surface area contributed by atoms with E-state index in [1.165, 1.54) is 12.8 Å². The monoisotopic (exact) mass is 256 g/mol. The van der Waals surface area contributed by atoms with E-state index in [2.05, 4.69) is 6.92 Å². The van der Waals surface area contributed by atoms with E-state index in [1.807, 2.05) is 42.5 Å². The Kier molecular flexibility index (Phi) is 4.96. The minimum Gasteiger partial charge on any atom is -0.427 e. The average Bonchev–Trinajstić information content (AvgIpc) is 2.43. The number of hydrogen-bond acceptors (Lipinski definition) is 2. The smallest absolute Gasteiger partial charge is 0.311 e. The Bertz CT molecular complexity index is 546. The Morgan fingerprint density at radius 1 is 1.00 bits per heavy atom. The Morgan fingerprint density at radius 2 is 1.79 bits per heavy atom. The summed E-state index contributed by atoms with van der Waals surface area (Å²) in [6, 6.07) is 13.8. The van der Waals surface area contributed by atoms with Crippen molar-refractivity contribution in [3.8, 4) is 5.75 Å². The van der Waals surface area contributed by atoms with Crippen LogP contribution in [0.3, 0.4) is 0 Å². The molecule has 0 saturated carbocycles. The first-order valence-electron chi connectivity index (χ1n) is 6.99. The third-order valence-corrected chi connectivity index (χ3v) is 3.19. The highest BCUT2D eigenvalue weighted by molar-refractivity contribution is 5.84. The first kappa shape index (κ1) is 13.6. The largest absolute Gasteiger partial charge is 0.427 e. The molecule has 100 valence electrons. The fourth-order valence-corrected chi connectivity index (χ4v) is 2.11. The topological polar surface area (TPSA) is 26.3 Å². The number of ether oxygens (including phenoxy) is 1. The van der Waals surface area contributed by atoms with Gasteiger partial charge in [0, 0.05) is 6.42 Å². The summed E-state index contributed by atoms with van der Waals surface area (Å²) in [5, 5.41) is 2.25. The highest BCUT2D eigenvalue weighted by Gasteiger charge is 2.05. The van der Waals surface area contributed by atoms with E-state index in [4.69, 9.17) is 4.74 Å². The molecular weight excluding hydrogens is 236 g/mol. The molecule has 0 heterocycles. The second-order valence-corrected chi connectivity index (χ2v) is 4.79. The van der Waals surface area contributed by atoms with Crippen LogP contribution in [0.2, 0.25) is 0 Å². The van der Waals surface area contributed by atoms with Crippen molar-refractivity contribution < 1.29 is 9.53 Å². The lowest BCUT2D eigenvalue weighted by molar-refractivity contribution is -0.134. The van der Waals surface area contributed by atoms with E-state index in [9.17, 15) is 4.79 Å². The minimum absolute atomic E-state index is 0.133. The second kappa shape index (κ2) is 6.93. The molecule has 19 heavy (non-hydrogen) atoms. The molecule has 2 nitrogen and oxygen atoms in total. The third kappa shape index (κ3) is 4.09. The number of benzene rings is 2. The fraction of sp³-hybridized carbons (Fsp3) is 0.353. The molecule has 2 heteroatoms. The van der Waals surface area contributed by atoms with E-state index in [0.29, 0.717) is 12.2 Å². The SMILES string of the molecule is CCCCCCC(=O)Oc1ccc2ccccc2c1. The van der Waals surface area contributed by atoms with Crippen molar-refractivity contribution in [2.75, 3.05) is 0 Å². The first-order valence-corrected chi connectivity index (χ1v) is 6.99. The summed E-state index contributed by atoms with van der Waals surface area (Å²) >= 11 is 0. The van der Waals surface area contributed by atoms with Crippen LogP contribution in [-0.2, 0) is 4.79 Å². The van der Waals surface area contributed by atoms with Crippen LogP contribution in [0, 0.1) is 0 Å². The number of hydrogen-bond donors (Lipinski definition) is 0. The normalized spacial score (nSPS) is 10.6. The van der Waals surface area contributed by atoms with Gasteiger partial charge in [-0.1, -0.05) is 56.5 Å². The van der Waals surface area contributed by atoms with Gasteiger partial charge >= 0.3 is 5.97 Å². The predicted octanol–water partition coefficient (Wildman–Crippen LogP) is 4.72. The van der Waals surface area contributed by atoms with Crippen LogP contribution < -0.4 is 4.74 Å². The standard InChI is InChI=1S/C17H20O2/c1-2-3-4-5-10-17(18)19-16-12-11-14-8-6-7-9-15(14)13-16/h6-9,11-13H,2-5,10H2,1H3.